The van der Waals surface area contributed by atoms with Crippen LogP contribution in [0, 0.1) is 0 Å². The highest BCUT2D eigenvalue weighted by atomic mass is 16.3. The molecule has 0 saturated carbocycles. The van der Waals surface area contributed by atoms with Gasteiger partial charge in [-0.3, -0.25) is 0 Å². The first kappa shape index (κ1) is 30.0. The van der Waals surface area contributed by atoms with Gasteiger partial charge in [0.2, 0.25) is 0 Å². The summed E-state index contributed by atoms with van der Waals surface area (Å²) in [6.07, 6.45) is 0. The predicted molar refractivity (Wildman–Crippen MR) is 220 cm³/mol. The summed E-state index contributed by atoms with van der Waals surface area (Å²) in [5.41, 5.74) is 10.00. The molecule has 0 radical (unpaired) electrons. The SMILES string of the molecule is c1ccc(-c2cc3ccccc3o2)c(-c2ccc(-c3ccc(N(c4ccc5ccccc5c4)c4ccc5c(ccc6ccccc65)c4)cc3)cc2)c1. The van der Waals surface area contributed by atoms with Crippen molar-refractivity contribution in [2.45, 2.75) is 0 Å². The van der Waals surface area contributed by atoms with E-state index in [0.717, 1.165) is 50.5 Å². The molecule has 0 bridgehead atoms. The van der Waals surface area contributed by atoms with Crippen LogP contribution in [0.15, 0.2) is 205 Å². The number of para-hydroxylation sites is 1. The topological polar surface area (TPSA) is 16.4 Å². The third-order valence-corrected chi connectivity index (χ3v) is 10.3. The van der Waals surface area contributed by atoms with Gasteiger partial charge in [-0.2, -0.15) is 0 Å². The molecule has 10 rings (SSSR count). The minimum absolute atomic E-state index is 0.882. The number of nitrogens with zero attached hydrogens (tertiary/aromatic N) is 1. The Kier molecular flexibility index (Phi) is 7.18. The molecular formula is C50H33NO. The van der Waals surface area contributed by atoms with E-state index in [2.05, 4.69) is 187 Å². The maximum Gasteiger partial charge on any atom is 0.136 e. The summed E-state index contributed by atoms with van der Waals surface area (Å²) < 4.78 is 6.26. The molecule has 0 atom stereocenters. The standard InChI is InChI=1S/C50H33NO/c1-2-11-39-31-43(28-25-34(39)9-1)51(44-29-30-47-40(32-44)22-21-37-10-3-5-13-45(37)47)42-26-23-36(24-27-42)35-17-19-38(20-18-35)46-14-6-7-15-48(46)50-33-41-12-4-8-16-49(41)52-50/h1-33H. The van der Waals surface area contributed by atoms with Crippen LogP contribution in [0.3, 0.4) is 0 Å². The molecule has 0 N–H and O–H groups in total. The van der Waals surface area contributed by atoms with Crippen LogP contribution in [0.25, 0.3) is 76.9 Å². The Morgan fingerprint density at radius 3 is 1.62 bits per heavy atom. The van der Waals surface area contributed by atoms with Crippen LogP contribution in [0.4, 0.5) is 17.1 Å². The van der Waals surface area contributed by atoms with E-state index in [4.69, 9.17) is 4.42 Å². The van der Waals surface area contributed by atoms with Gasteiger partial charge in [0.25, 0.3) is 0 Å². The Morgan fingerprint density at radius 2 is 0.827 bits per heavy atom. The van der Waals surface area contributed by atoms with Crippen molar-refractivity contribution < 1.29 is 4.42 Å². The fraction of sp³-hybridized carbons (Fsp3) is 0. The lowest BCUT2D eigenvalue weighted by atomic mass is 9.95. The fourth-order valence-electron chi connectivity index (χ4n) is 7.61. The molecule has 0 spiro atoms. The van der Waals surface area contributed by atoms with Crippen molar-refractivity contribution in [2.24, 2.45) is 0 Å². The van der Waals surface area contributed by atoms with Crippen LogP contribution in [0.5, 0.6) is 0 Å². The maximum absolute atomic E-state index is 6.26. The summed E-state index contributed by atoms with van der Waals surface area (Å²) in [6.45, 7) is 0. The Labute approximate surface area is 302 Å². The van der Waals surface area contributed by atoms with Crippen LogP contribution in [-0.4, -0.2) is 0 Å². The van der Waals surface area contributed by atoms with Crippen molar-refractivity contribution in [1.29, 1.82) is 0 Å². The Morgan fingerprint density at radius 1 is 0.308 bits per heavy atom. The van der Waals surface area contributed by atoms with Gasteiger partial charge in [0.05, 0.1) is 0 Å². The normalized spacial score (nSPS) is 11.5. The molecule has 9 aromatic carbocycles. The second-order valence-corrected chi connectivity index (χ2v) is 13.4. The van der Waals surface area contributed by atoms with Gasteiger partial charge in [-0.1, -0.05) is 152 Å². The second-order valence-electron chi connectivity index (χ2n) is 13.4. The average Bonchev–Trinajstić information content (AvgIpc) is 3.66. The molecule has 0 aliphatic heterocycles. The van der Waals surface area contributed by atoms with E-state index in [-0.39, 0.29) is 0 Å². The summed E-state index contributed by atoms with van der Waals surface area (Å²) in [5, 5.41) is 8.58. The summed E-state index contributed by atoms with van der Waals surface area (Å²) >= 11 is 0. The molecule has 0 amide bonds. The number of benzene rings is 9. The Hall–Kier alpha value is -6.90. The average molecular weight is 664 g/mol. The quantitative estimate of drug-likeness (QED) is 0.165. The van der Waals surface area contributed by atoms with Crippen molar-refractivity contribution in [3.63, 3.8) is 0 Å². The van der Waals surface area contributed by atoms with Gasteiger partial charge in [-0.25, -0.2) is 0 Å². The largest absolute Gasteiger partial charge is 0.456 e. The van der Waals surface area contributed by atoms with Gasteiger partial charge in [0, 0.05) is 28.0 Å². The van der Waals surface area contributed by atoms with Gasteiger partial charge in [0.1, 0.15) is 11.3 Å². The summed E-state index contributed by atoms with van der Waals surface area (Å²) in [4.78, 5) is 2.36. The molecule has 0 fully saturated rings. The first-order valence-electron chi connectivity index (χ1n) is 17.7. The molecule has 2 heteroatoms. The molecule has 1 aromatic heterocycles. The molecule has 0 aliphatic rings. The number of fused-ring (bicyclic) bond motifs is 5. The zero-order valence-corrected chi connectivity index (χ0v) is 28.4. The molecule has 10 aromatic rings. The van der Waals surface area contributed by atoms with E-state index in [9.17, 15) is 0 Å². The van der Waals surface area contributed by atoms with Gasteiger partial charge < -0.3 is 9.32 Å². The lowest BCUT2D eigenvalue weighted by molar-refractivity contribution is 0.632. The highest BCUT2D eigenvalue weighted by molar-refractivity contribution is 6.08. The minimum atomic E-state index is 0.882. The van der Waals surface area contributed by atoms with Crippen molar-refractivity contribution in [1.82, 2.24) is 0 Å². The van der Waals surface area contributed by atoms with Crippen molar-refractivity contribution in [3.05, 3.63) is 200 Å². The van der Waals surface area contributed by atoms with Crippen molar-refractivity contribution in [3.8, 4) is 33.6 Å². The number of anilines is 3. The van der Waals surface area contributed by atoms with E-state index >= 15 is 0 Å². The van der Waals surface area contributed by atoms with E-state index in [1.807, 2.05) is 18.2 Å². The lowest BCUT2D eigenvalue weighted by Gasteiger charge is -2.26. The molecule has 244 valence electrons. The van der Waals surface area contributed by atoms with Gasteiger partial charge in [-0.05, 0) is 103 Å². The van der Waals surface area contributed by atoms with Crippen LogP contribution >= 0.6 is 0 Å². The summed E-state index contributed by atoms with van der Waals surface area (Å²) in [5.74, 6) is 0.882. The predicted octanol–water partition coefficient (Wildman–Crippen LogP) is 14.4. The molecule has 52 heavy (non-hydrogen) atoms. The van der Waals surface area contributed by atoms with Crippen LogP contribution in [0.1, 0.15) is 0 Å². The molecule has 1 heterocycles. The maximum atomic E-state index is 6.26. The van der Waals surface area contributed by atoms with Crippen molar-refractivity contribution in [2.75, 3.05) is 4.90 Å². The molecule has 0 aliphatic carbocycles. The van der Waals surface area contributed by atoms with Gasteiger partial charge in [-0.15, -0.1) is 0 Å². The van der Waals surface area contributed by atoms with E-state index in [1.54, 1.807) is 0 Å². The van der Waals surface area contributed by atoms with Crippen LogP contribution in [0.2, 0.25) is 0 Å². The zero-order chi connectivity index (χ0) is 34.4. The van der Waals surface area contributed by atoms with Crippen LogP contribution in [-0.2, 0) is 0 Å². The smallest absolute Gasteiger partial charge is 0.136 e. The van der Waals surface area contributed by atoms with Crippen LogP contribution < -0.4 is 4.90 Å². The summed E-state index contributed by atoms with van der Waals surface area (Å²) in [7, 11) is 0. The second kappa shape index (κ2) is 12.5. The number of furan rings is 1. The van der Waals surface area contributed by atoms with E-state index in [0.29, 0.717) is 0 Å². The minimum Gasteiger partial charge on any atom is -0.456 e. The third kappa shape index (κ3) is 5.30. The zero-order valence-electron chi connectivity index (χ0n) is 28.4. The van der Waals surface area contributed by atoms with Gasteiger partial charge >= 0.3 is 0 Å². The molecule has 0 unspecified atom stereocenters. The highest BCUT2D eigenvalue weighted by Gasteiger charge is 2.16. The van der Waals surface area contributed by atoms with E-state index in [1.165, 1.54) is 43.4 Å². The third-order valence-electron chi connectivity index (χ3n) is 10.3. The van der Waals surface area contributed by atoms with E-state index < -0.39 is 0 Å². The molecular weight excluding hydrogens is 631 g/mol. The fourth-order valence-corrected chi connectivity index (χ4v) is 7.61. The lowest BCUT2D eigenvalue weighted by Crippen LogP contribution is -2.09. The number of hydrogen-bond donors (Lipinski definition) is 0. The molecule has 2 nitrogen and oxygen atoms in total. The summed E-state index contributed by atoms with van der Waals surface area (Å²) in [6, 6.07) is 71.8. The first-order chi connectivity index (χ1) is 25.7. The number of hydrogen-bond acceptors (Lipinski definition) is 2. The Balaban J connectivity index is 1.01. The molecule has 0 saturated heterocycles. The monoisotopic (exact) mass is 663 g/mol. The number of rotatable bonds is 6. The van der Waals surface area contributed by atoms with Gasteiger partial charge in [0.15, 0.2) is 0 Å². The van der Waals surface area contributed by atoms with Crippen molar-refractivity contribution >= 4 is 60.3 Å². The Bertz CT molecular complexity index is 2870. The highest BCUT2D eigenvalue weighted by Crippen LogP contribution is 2.40. The first-order valence-corrected chi connectivity index (χ1v) is 17.7.